The highest BCUT2D eigenvalue weighted by molar-refractivity contribution is 5.84. The molecule has 2 amide bonds. The van der Waals surface area contributed by atoms with Crippen LogP contribution in [0.25, 0.3) is 0 Å². The van der Waals surface area contributed by atoms with Gasteiger partial charge in [0.1, 0.15) is 6.04 Å². The summed E-state index contributed by atoms with van der Waals surface area (Å²) >= 11 is 0. The van der Waals surface area contributed by atoms with Crippen LogP contribution in [0.2, 0.25) is 0 Å². The number of carbonyl (C=O) groups excluding carboxylic acids is 2. The minimum atomic E-state index is -0.669. The third-order valence-corrected chi connectivity index (χ3v) is 1.43. The molecule has 5 nitrogen and oxygen atoms in total. The monoisotopic (exact) mass is 174 g/mol. The third kappa shape index (κ3) is 3.23. The second-order valence-electron chi connectivity index (χ2n) is 2.76. The number of alkyl carbamates (subject to hydrolysis) is 1. The smallest absolute Gasteiger partial charge is 0.407 e. The maximum absolute atomic E-state index is 10.7. The van der Waals surface area contributed by atoms with Gasteiger partial charge in [-0.1, -0.05) is 13.8 Å². The highest BCUT2D eigenvalue weighted by atomic mass is 16.5. The number of ether oxygens (including phenoxy) is 1. The van der Waals surface area contributed by atoms with Crippen molar-refractivity contribution in [3.63, 3.8) is 0 Å². The molecule has 0 aliphatic carbocycles. The summed E-state index contributed by atoms with van der Waals surface area (Å²) in [4.78, 5) is 21.4. The van der Waals surface area contributed by atoms with Gasteiger partial charge in [-0.2, -0.15) is 0 Å². The molecule has 0 saturated heterocycles. The van der Waals surface area contributed by atoms with Crippen molar-refractivity contribution < 1.29 is 14.3 Å². The number of hydrogen-bond acceptors (Lipinski definition) is 3. The van der Waals surface area contributed by atoms with Gasteiger partial charge >= 0.3 is 6.09 Å². The lowest BCUT2D eigenvalue weighted by Gasteiger charge is -2.17. The van der Waals surface area contributed by atoms with E-state index in [1.54, 1.807) is 13.8 Å². The summed E-state index contributed by atoms with van der Waals surface area (Å²) in [6, 6.07) is -0.669. The normalized spacial score (nSPS) is 12.3. The number of hydrogen-bond donors (Lipinski definition) is 2. The Bertz CT molecular complexity index is 179. The van der Waals surface area contributed by atoms with Gasteiger partial charge in [-0.25, -0.2) is 4.79 Å². The largest absolute Gasteiger partial charge is 0.453 e. The summed E-state index contributed by atoms with van der Waals surface area (Å²) < 4.78 is 4.32. The second kappa shape index (κ2) is 4.58. The standard InChI is InChI=1S/C7H14N2O3/c1-4(2)5(6(8)10)9-7(11)12-3/h4-5H,1-3H3,(H2,8,10)(H,9,11)/t5-/m1/s1. The number of primary amides is 1. The topological polar surface area (TPSA) is 81.4 Å². The fourth-order valence-corrected chi connectivity index (χ4v) is 0.752. The maximum Gasteiger partial charge on any atom is 0.407 e. The SMILES string of the molecule is COC(=O)N[C@@H](C(N)=O)C(C)C. The first-order chi connectivity index (χ1) is 5.49. The zero-order chi connectivity index (χ0) is 9.72. The average Bonchev–Trinajstić information content (AvgIpc) is 1.98. The van der Waals surface area contributed by atoms with Gasteiger partial charge in [0.05, 0.1) is 7.11 Å². The van der Waals surface area contributed by atoms with Crippen LogP contribution in [0.4, 0.5) is 4.79 Å². The molecule has 0 aliphatic rings. The van der Waals surface area contributed by atoms with E-state index in [0.717, 1.165) is 0 Å². The van der Waals surface area contributed by atoms with E-state index >= 15 is 0 Å². The molecule has 0 bridgehead atoms. The number of rotatable bonds is 3. The Morgan fingerprint density at radius 1 is 1.42 bits per heavy atom. The minimum Gasteiger partial charge on any atom is -0.453 e. The van der Waals surface area contributed by atoms with Crippen LogP contribution in [-0.2, 0) is 9.53 Å². The van der Waals surface area contributed by atoms with Crippen molar-refractivity contribution in [1.82, 2.24) is 5.32 Å². The lowest BCUT2D eigenvalue weighted by molar-refractivity contribution is -0.120. The summed E-state index contributed by atoms with van der Waals surface area (Å²) in [5, 5.41) is 2.33. The fourth-order valence-electron chi connectivity index (χ4n) is 0.752. The molecule has 0 fully saturated rings. The number of amides is 2. The summed E-state index contributed by atoms with van der Waals surface area (Å²) in [5.74, 6) is -0.600. The quantitative estimate of drug-likeness (QED) is 0.624. The van der Waals surface area contributed by atoms with Crippen LogP contribution in [0.1, 0.15) is 13.8 Å². The van der Waals surface area contributed by atoms with Crippen molar-refractivity contribution in [2.45, 2.75) is 19.9 Å². The second-order valence-corrected chi connectivity index (χ2v) is 2.76. The van der Waals surface area contributed by atoms with Crippen LogP contribution < -0.4 is 11.1 Å². The van der Waals surface area contributed by atoms with E-state index < -0.39 is 18.0 Å². The predicted octanol–water partition coefficient (Wildman–Crippen LogP) is -0.148. The lowest BCUT2D eigenvalue weighted by atomic mass is 10.0. The number of methoxy groups -OCH3 is 1. The molecule has 0 spiro atoms. The van der Waals surface area contributed by atoms with Crippen LogP contribution in [0.15, 0.2) is 0 Å². The van der Waals surface area contributed by atoms with E-state index in [1.165, 1.54) is 7.11 Å². The summed E-state index contributed by atoms with van der Waals surface area (Å²) in [5.41, 5.74) is 5.03. The van der Waals surface area contributed by atoms with Crippen molar-refractivity contribution in [3.8, 4) is 0 Å². The highest BCUT2D eigenvalue weighted by Crippen LogP contribution is 2.00. The van der Waals surface area contributed by atoms with Crippen LogP contribution in [0.3, 0.4) is 0 Å². The molecule has 0 aromatic rings. The molecule has 12 heavy (non-hydrogen) atoms. The summed E-state index contributed by atoms with van der Waals surface area (Å²) in [6.07, 6.45) is -0.646. The Morgan fingerprint density at radius 3 is 2.17 bits per heavy atom. The van der Waals surface area contributed by atoms with Crippen molar-refractivity contribution in [2.75, 3.05) is 7.11 Å². The molecule has 0 unspecified atom stereocenters. The molecular weight excluding hydrogens is 160 g/mol. The van der Waals surface area contributed by atoms with E-state index in [1.807, 2.05) is 0 Å². The van der Waals surface area contributed by atoms with Gasteiger partial charge in [-0.3, -0.25) is 4.79 Å². The van der Waals surface area contributed by atoms with E-state index in [9.17, 15) is 9.59 Å². The molecule has 0 heterocycles. The number of carbonyl (C=O) groups is 2. The number of nitrogens with two attached hydrogens (primary N) is 1. The van der Waals surface area contributed by atoms with Crippen LogP contribution in [0, 0.1) is 5.92 Å². The molecule has 1 atom stereocenters. The Labute approximate surface area is 71.3 Å². The van der Waals surface area contributed by atoms with Gasteiger partial charge in [0.2, 0.25) is 5.91 Å². The first kappa shape index (κ1) is 10.7. The van der Waals surface area contributed by atoms with Gasteiger partial charge in [-0.05, 0) is 5.92 Å². The first-order valence-corrected chi connectivity index (χ1v) is 3.62. The van der Waals surface area contributed by atoms with Crippen LogP contribution in [-0.4, -0.2) is 25.2 Å². The summed E-state index contributed by atoms with van der Waals surface area (Å²) in [6.45, 7) is 3.57. The van der Waals surface area contributed by atoms with E-state index in [0.29, 0.717) is 0 Å². The zero-order valence-electron chi connectivity index (χ0n) is 7.46. The molecular formula is C7H14N2O3. The van der Waals surface area contributed by atoms with Crippen LogP contribution >= 0.6 is 0 Å². The molecule has 3 N–H and O–H groups in total. The van der Waals surface area contributed by atoms with Crippen molar-refractivity contribution in [3.05, 3.63) is 0 Å². The van der Waals surface area contributed by atoms with E-state index in [2.05, 4.69) is 10.1 Å². The molecule has 0 saturated carbocycles. The highest BCUT2D eigenvalue weighted by Gasteiger charge is 2.21. The molecule has 0 aromatic carbocycles. The molecule has 0 rings (SSSR count). The fraction of sp³-hybridized carbons (Fsp3) is 0.714. The number of nitrogens with one attached hydrogen (secondary N) is 1. The van der Waals surface area contributed by atoms with Crippen LogP contribution in [0.5, 0.6) is 0 Å². The molecule has 70 valence electrons. The van der Waals surface area contributed by atoms with Gasteiger partial charge in [-0.15, -0.1) is 0 Å². The van der Waals surface area contributed by atoms with Gasteiger partial charge in [0.15, 0.2) is 0 Å². The van der Waals surface area contributed by atoms with Gasteiger partial charge in [0, 0.05) is 0 Å². The minimum absolute atomic E-state index is 0.0402. The van der Waals surface area contributed by atoms with Gasteiger partial charge < -0.3 is 15.8 Å². The maximum atomic E-state index is 10.7. The van der Waals surface area contributed by atoms with Crippen molar-refractivity contribution in [1.29, 1.82) is 0 Å². The first-order valence-electron chi connectivity index (χ1n) is 3.62. The van der Waals surface area contributed by atoms with Gasteiger partial charge in [0.25, 0.3) is 0 Å². The zero-order valence-corrected chi connectivity index (χ0v) is 7.46. The van der Waals surface area contributed by atoms with Crippen molar-refractivity contribution >= 4 is 12.0 Å². The Kier molecular flexibility index (Phi) is 4.10. The third-order valence-electron chi connectivity index (χ3n) is 1.43. The molecule has 0 aromatic heterocycles. The Morgan fingerprint density at radius 2 is 1.92 bits per heavy atom. The summed E-state index contributed by atoms with van der Waals surface area (Å²) in [7, 11) is 1.23. The Hall–Kier alpha value is -1.26. The average molecular weight is 174 g/mol. The predicted molar refractivity (Wildman–Crippen MR) is 43.4 cm³/mol. The molecule has 5 heteroatoms. The molecule has 0 aliphatic heterocycles. The molecule has 0 radical (unpaired) electrons. The lowest BCUT2D eigenvalue weighted by Crippen LogP contribution is -2.47. The van der Waals surface area contributed by atoms with Crippen molar-refractivity contribution in [2.24, 2.45) is 11.7 Å². The van der Waals surface area contributed by atoms with E-state index in [-0.39, 0.29) is 5.92 Å². The van der Waals surface area contributed by atoms with E-state index in [4.69, 9.17) is 5.73 Å². The Balaban J connectivity index is 4.14.